The van der Waals surface area contributed by atoms with Crippen molar-refractivity contribution in [2.75, 3.05) is 17.2 Å². The summed E-state index contributed by atoms with van der Waals surface area (Å²) in [7, 11) is 0. The van der Waals surface area contributed by atoms with Gasteiger partial charge in [-0.2, -0.15) is 0 Å². The second-order valence-electron chi connectivity index (χ2n) is 4.90. The van der Waals surface area contributed by atoms with Crippen molar-refractivity contribution in [2.45, 2.75) is 34.1 Å². The van der Waals surface area contributed by atoms with E-state index in [1.807, 2.05) is 19.9 Å². The molecule has 0 fully saturated rings. The molecule has 0 saturated heterocycles. The number of hydrogen-bond donors (Lipinski definition) is 2. The lowest BCUT2D eigenvalue weighted by atomic mass is 10.1. The summed E-state index contributed by atoms with van der Waals surface area (Å²) >= 11 is 3.52. The fraction of sp³-hybridized carbons (Fsp3) is 0.375. The van der Waals surface area contributed by atoms with E-state index in [9.17, 15) is 0 Å². The zero-order valence-electron chi connectivity index (χ0n) is 12.9. The summed E-state index contributed by atoms with van der Waals surface area (Å²) in [6.45, 7) is 9.00. The van der Waals surface area contributed by atoms with Crippen LogP contribution < -0.4 is 10.6 Å². The molecule has 0 aliphatic heterocycles. The number of benzene rings is 1. The molecular weight excluding hydrogens is 328 g/mol. The molecule has 0 unspecified atom stereocenters. The van der Waals surface area contributed by atoms with E-state index in [1.165, 1.54) is 5.56 Å². The minimum absolute atomic E-state index is 0.759. The van der Waals surface area contributed by atoms with Crippen LogP contribution >= 0.6 is 15.9 Å². The van der Waals surface area contributed by atoms with Gasteiger partial charge in [0.25, 0.3) is 0 Å². The first-order valence-corrected chi connectivity index (χ1v) is 7.99. The highest BCUT2D eigenvalue weighted by atomic mass is 79.9. The molecule has 112 valence electrons. The van der Waals surface area contributed by atoms with Gasteiger partial charge < -0.3 is 10.6 Å². The number of aryl methyl sites for hydroxylation is 2. The summed E-state index contributed by atoms with van der Waals surface area (Å²) in [6, 6.07) is 6.25. The fourth-order valence-corrected chi connectivity index (χ4v) is 2.60. The number of rotatable bonds is 5. The average molecular weight is 349 g/mol. The lowest BCUT2D eigenvalue weighted by Gasteiger charge is -2.15. The molecule has 4 nitrogen and oxygen atoms in total. The van der Waals surface area contributed by atoms with Gasteiger partial charge in [-0.3, -0.25) is 0 Å². The third-order valence-corrected chi connectivity index (χ3v) is 3.80. The van der Waals surface area contributed by atoms with E-state index in [0.717, 1.165) is 46.1 Å². The highest BCUT2D eigenvalue weighted by Crippen LogP contribution is 2.27. The molecule has 0 radical (unpaired) electrons. The van der Waals surface area contributed by atoms with Crippen molar-refractivity contribution in [2.24, 2.45) is 0 Å². The molecule has 0 saturated carbocycles. The molecular formula is C16H21BrN4. The van der Waals surface area contributed by atoms with Crippen LogP contribution in [-0.4, -0.2) is 16.5 Å². The zero-order valence-corrected chi connectivity index (χ0v) is 14.5. The first-order valence-electron chi connectivity index (χ1n) is 7.19. The number of anilines is 3. The second kappa shape index (κ2) is 6.89. The maximum atomic E-state index is 4.53. The predicted molar refractivity (Wildman–Crippen MR) is 92.5 cm³/mol. The van der Waals surface area contributed by atoms with Crippen LogP contribution in [0.3, 0.4) is 0 Å². The predicted octanol–water partition coefficient (Wildman–Crippen LogP) is 4.59. The Balaban J connectivity index is 2.39. The van der Waals surface area contributed by atoms with E-state index >= 15 is 0 Å². The molecule has 0 aliphatic carbocycles. The molecule has 1 heterocycles. The monoisotopic (exact) mass is 348 g/mol. The molecule has 0 atom stereocenters. The van der Waals surface area contributed by atoms with Crippen molar-refractivity contribution >= 4 is 33.3 Å². The highest BCUT2D eigenvalue weighted by Gasteiger charge is 2.10. The minimum Gasteiger partial charge on any atom is -0.370 e. The third-order valence-electron chi connectivity index (χ3n) is 3.30. The Kier molecular flexibility index (Phi) is 5.17. The zero-order chi connectivity index (χ0) is 15.4. The number of halogens is 1. The first-order chi connectivity index (χ1) is 10.0. The van der Waals surface area contributed by atoms with Crippen LogP contribution in [0.2, 0.25) is 0 Å². The Morgan fingerprint density at radius 1 is 1.10 bits per heavy atom. The normalized spacial score (nSPS) is 10.5. The van der Waals surface area contributed by atoms with E-state index in [2.05, 4.69) is 62.5 Å². The van der Waals surface area contributed by atoms with Crippen LogP contribution in [0.5, 0.6) is 0 Å². The maximum absolute atomic E-state index is 4.53. The summed E-state index contributed by atoms with van der Waals surface area (Å²) < 4.78 is 1.09. The number of aromatic nitrogens is 2. The number of nitrogens with zero attached hydrogens (tertiary/aromatic N) is 2. The summed E-state index contributed by atoms with van der Waals surface area (Å²) in [6.07, 6.45) is 0.963. The van der Waals surface area contributed by atoms with Gasteiger partial charge in [-0.15, -0.1) is 0 Å². The van der Waals surface area contributed by atoms with Crippen molar-refractivity contribution in [3.8, 4) is 0 Å². The van der Waals surface area contributed by atoms with Gasteiger partial charge in [0.1, 0.15) is 17.5 Å². The average Bonchev–Trinajstić information content (AvgIpc) is 2.45. The Hall–Kier alpha value is -1.62. The molecule has 0 aliphatic rings. The minimum atomic E-state index is 0.759. The van der Waals surface area contributed by atoms with E-state index in [-0.39, 0.29) is 0 Å². The molecule has 1 aromatic heterocycles. The third kappa shape index (κ3) is 3.73. The van der Waals surface area contributed by atoms with Crippen LogP contribution in [0.1, 0.15) is 30.8 Å². The van der Waals surface area contributed by atoms with E-state index in [0.29, 0.717) is 0 Å². The van der Waals surface area contributed by atoms with Crippen molar-refractivity contribution < 1.29 is 0 Å². The van der Waals surface area contributed by atoms with Gasteiger partial charge in [-0.1, -0.05) is 22.9 Å². The molecule has 2 aromatic rings. The molecule has 1 aromatic carbocycles. The molecule has 0 spiro atoms. The second-order valence-corrected chi connectivity index (χ2v) is 5.82. The van der Waals surface area contributed by atoms with Crippen LogP contribution in [-0.2, 0) is 6.42 Å². The fourth-order valence-electron chi connectivity index (χ4n) is 2.19. The Bertz CT molecular complexity index is 640. The highest BCUT2D eigenvalue weighted by molar-refractivity contribution is 9.10. The van der Waals surface area contributed by atoms with Crippen LogP contribution in [0.4, 0.5) is 17.3 Å². The van der Waals surface area contributed by atoms with Crippen molar-refractivity contribution in [3.63, 3.8) is 0 Å². The molecule has 2 N–H and O–H groups in total. The van der Waals surface area contributed by atoms with Crippen LogP contribution in [0.25, 0.3) is 0 Å². The smallest absolute Gasteiger partial charge is 0.139 e. The van der Waals surface area contributed by atoms with E-state index in [1.54, 1.807) is 0 Å². The van der Waals surface area contributed by atoms with Gasteiger partial charge >= 0.3 is 0 Å². The standard InChI is InChI=1S/C16H21BrN4/c1-5-12-9-13(17)7-8-14(12)21-16-10(3)15(18-6-2)19-11(4)20-16/h7-9H,5-6H2,1-4H3,(H2,18,19,20,21). The largest absolute Gasteiger partial charge is 0.370 e. The molecule has 0 bridgehead atoms. The lowest BCUT2D eigenvalue weighted by molar-refractivity contribution is 1.02. The van der Waals surface area contributed by atoms with Crippen LogP contribution in [0, 0.1) is 13.8 Å². The van der Waals surface area contributed by atoms with Gasteiger partial charge in [0.15, 0.2) is 0 Å². The maximum Gasteiger partial charge on any atom is 0.139 e. The van der Waals surface area contributed by atoms with Crippen molar-refractivity contribution in [1.29, 1.82) is 0 Å². The summed E-state index contributed by atoms with van der Waals surface area (Å²) in [5.41, 5.74) is 3.38. The van der Waals surface area contributed by atoms with Gasteiger partial charge in [0.05, 0.1) is 0 Å². The Labute approximate surface area is 134 Å². The van der Waals surface area contributed by atoms with Crippen LogP contribution in [0.15, 0.2) is 22.7 Å². The summed E-state index contributed by atoms with van der Waals surface area (Å²) in [4.78, 5) is 8.99. The van der Waals surface area contributed by atoms with Gasteiger partial charge in [0, 0.05) is 22.3 Å². The molecule has 21 heavy (non-hydrogen) atoms. The van der Waals surface area contributed by atoms with E-state index < -0.39 is 0 Å². The number of hydrogen-bond acceptors (Lipinski definition) is 4. The Morgan fingerprint density at radius 2 is 1.81 bits per heavy atom. The van der Waals surface area contributed by atoms with Gasteiger partial charge in [-0.05, 0) is 51.0 Å². The molecule has 2 rings (SSSR count). The first kappa shape index (κ1) is 15.8. The lowest BCUT2D eigenvalue weighted by Crippen LogP contribution is -2.08. The number of nitrogens with one attached hydrogen (secondary N) is 2. The van der Waals surface area contributed by atoms with Gasteiger partial charge in [-0.25, -0.2) is 9.97 Å². The molecule has 0 amide bonds. The SMILES string of the molecule is CCNc1nc(C)nc(Nc2ccc(Br)cc2CC)c1C. The topological polar surface area (TPSA) is 49.8 Å². The summed E-state index contributed by atoms with van der Waals surface area (Å²) in [5, 5.41) is 6.73. The van der Waals surface area contributed by atoms with E-state index in [4.69, 9.17) is 0 Å². The Morgan fingerprint density at radius 3 is 2.48 bits per heavy atom. The van der Waals surface area contributed by atoms with Crippen molar-refractivity contribution in [1.82, 2.24) is 9.97 Å². The van der Waals surface area contributed by atoms with Crippen molar-refractivity contribution in [3.05, 3.63) is 39.6 Å². The summed E-state index contributed by atoms with van der Waals surface area (Å²) in [5.74, 6) is 2.51. The van der Waals surface area contributed by atoms with Gasteiger partial charge in [0.2, 0.25) is 0 Å². The molecule has 5 heteroatoms. The quantitative estimate of drug-likeness (QED) is 0.829.